The maximum atomic E-state index is 5.75. The lowest BCUT2D eigenvalue weighted by Crippen LogP contribution is -2.45. The van der Waals surface area contributed by atoms with Crippen molar-refractivity contribution >= 4 is 0 Å². The lowest BCUT2D eigenvalue weighted by atomic mass is 9.81. The fraction of sp³-hybridized carbons (Fsp3) is 0.647. The molecular weight excluding hydrogens is 248 g/mol. The van der Waals surface area contributed by atoms with E-state index in [0.29, 0.717) is 6.10 Å². The number of nitrogens with zero attached hydrogens (tertiary/aromatic N) is 1. The molecular formula is C17H28N2O. The van der Waals surface area contributed by atoms with Crippen LogP contribution in [-0.4, -0.2) is 51.3 Å². The van der Waals surface area contributed by atoms with Crippen molar-refractivity contribution in [3.63, 3.8) is 0 Å². The SMILES string of the molecule is CNCC(C)(CN(C)CC1CCCO1)c1ccccc1. The van der Waals surface area contributed by atoms with E-state index < -0.39 is 0 Å². The van der Waals surface area contributed by atoms with Crippen LogP contribution in [0.5, 0.6) is 0 Å². The molecule has 1 aliphatic rings. The van der Waals surface area contributed by atoms with E-state index in [-0.39, 0.29) is 5.41 Å². The van der Waals surface area contributed by atoms with Gasteiger partial charge in [0.1, 0.15) is 0 Å². The summed E-state index contributed by atoms with van der Waals surface area (Å²) in [5.74, 6) is 0. The van der Waals surface area contributed by atoms with Gasteiger partial charge >= 0.3 is 0 Å². The fourth-order valence-electron chi connectivity index (χ4n) is 3.28. The van der Waals surface area contributed by atoms with Gasteiger partial charge in [0.25, 0.3) is 0 Å². The Labute approximate surface area is 123 Å². The second-order valence-electron chi connectivity index (χ2n) is 6.29. The van der Waals surface area contributed by atoms with E-state index in [1.807, 2.05) is 7.05 Å². The molecule has 0 radical (unpaired) electrons. The number of hydrogen-bond acceptors (Lipinski definition) is 3. The first-order valence-corrected chi connectivity index (χ1v) is 7.64. The predicted molar refractivity (Wildman–Crippen MR) is 84.2 cm³/mol. The zero-order valence-corrected chi connectivity index (χ0v) is 13.1. The second kappa shape index (κ2) is 7.21. The van der Waals surface area contributed by atoms with Crippen LogP contribution in [0, 0.1) is 0 Å². The van der Waals surface area contributed by atoms with Crippen molar-refractivity contribution in [2.24, 2.45) is 0 Å². The van der Waals surface area contributed by atoms with Crippen molar-refractivity contribution in [3.05, 3.63) is 35.9 Å². The van der Waals surface area contributed by atoms with E-state index in [2.05, 4.69) is 54.5 Å². The number of likely N-dealkylation sites (N-methyl/N-ethyl adjacent to an activating group) is 2. The lowest BCUT2D eigenvalue weighted by Gasteiger charge is -2.35. The van der Waals surface area contributed by atoms with E-state index in [0.717, 1.165) is 26.2 Å². The molecule has 3 nitrogen and oxygen atoms in total. The summed E-state index contributed by atoms with van der Waals surface area (Å²) < 4.78 is 5.75. The first kappa shape index (κ1) is 15.5. The van der Waals surface area contributed by atoms with Gasteiger partial charge in [0.2, 0.25) is 0 Å². The van der Waals surface area contributed by atoms with Crippen LogP contribution in [-0.2, 0) is 10.2 Å². The van der Waals surface area contributed by atoms with Crippen LogP contribution in [0.2, 0.25) is 0 Å². The van der Waals surface area contributed by atoms with Crippen molar-refractivity contribution in [1.82, 2.24) is 10.2 Å². The van der Waals surface area contributed by atoms with Gasteiger partial charge in [-0.15, -0.1) is 0 Å². The molecule has 2 rings (SSSR count). The van der Waals surface area contributed by atoms with Gasteiger partial charge in [0.05, 0.1) is 6.10 Å². The van der Waals surface area contributed by atoms with Crippen LogP contribution >= 0.6 is 0 Å². The molecule has 20 heavy (non-hydrogen) atoms. The molecule has 1 heterocycles. The number of benzene rings is 1. The van der Waals surface area contributed by atoms with Gasteiger partial charge in [-0.05, 0) is 32.5 Å². The molecule has 112 valence electrons. The van der Waals surface area contributed by atoms with Crippen molar-refractivity contribution in [2.45, 2.75) is 31.3 Å². The van der Waals surface area contributed by atoms with Crippen molar-refractivity contribution in [2.75, 3.05) is 40.3 Å². The molecule has 1 fully saturated rings. The van der Waals surface area contributed by atoms with Gasteiger partial charge in [-0.1, -0.05) is 37.3 Å². The molecule has 2 atom stereocenters. The highest BCUT2D eigenvalue weighted by atomic mass is 16.5. The van der Waals surface area contributed by atoms with Gasteiger partial charge in [0, 0.05) is 31.7 Å². The molecule has 1 aliphatic heterocycles. The largest absolute Gasteiger partial charge is 0.377 e. The highest BCUT2D eigenvalue weighted by molar-refractivity contribution is 5.25. The zero-order valence-electron chi connectivity index (χ0n) is 13.1. The van der Waals surface area contributed by atoms with Crippen molar-refractivity contribution in [3.8, 4) is 0 Å². The molecule has 0 bridgehead atoms. The smallest absolute Gasteiger partial charge is 0.0702 e. The normalized spacial score (nSPS) is 22.1. The molecule has 0 saturated carbocycles. The molecule has 0 spiro atoms. The Kier molecular flexibility index (Phi) is 5.58. The molecule has 0 aromatic heterocycles. The van der Waals surface area contributed by atoms with Gasteiger partial charge in [-0.2, -0.15) is 0 Å². The summed E-state index contributed by atoms with van der Waals surface area (Å²) >= 11 is 0. The highest BCUT2D eigenvalue weighted by Gasteiger charge is 2.28. The van der Waals surface area contributed by atoms with E-state index >= 15 is 0 Å². The predicted octanol–water partition coefficient (Wildman–Crippen LogP) is 2.27. The molecule has 1 aromatic rings. The van der Waals surface area contributed by atoms with E-state index in [1.54, 1.807) is 0 Å². The Bertz CT molecular complexity index is 389. The van der Waals surface area contributed by atoms with Crippen molar-refractivity contribution in [1.29, 1.82) is 0 Å². The maximum absolute atomic E-state index is 5.75. The third kappa shape index (κ3) is 4.05. The maximum Gasteiger partial charge on any atom is 0.0702 e. The Balaban J connectivity index is 2.00. The van der Waals surface area contributed by atoms with Crippen LogP contribution in [0.25, 0.3) is 0 Å². The van der Waals surface area contributed by atoms with E-state index in [4.69, 9.17) is 4.74 Å². The molecule has 2 unspecified atom stereocenters. The number of rotatable bonds is 7. The highest BCUT2D eigenvalue weighted by Crippen LogP contribution is 2.24. The number of nitrogens with one attached hydrogen (secondary N) is 1. The summed E-state index contributed by atoms with van der Waals surface area (Å²) in [6, 6.07) is 10.8. The van der Waals surface area contributed by atoms with Crippen LogP contribution < -0.4 is 5.32 Å². The summed E-state index contributed by atoms with van der Waals surface area (Å²) in [6.07, 6.45) is 2.85. The minimum absolute atomic E-state index is 0.128. The van der Waals surface area contributed by atoms with Gasteiger partial charge in [-0.25, -0.2) is 0 Å². The zero-order chi connectivity index (χ0) is 14.4. The molecule has 1 N–H and O–H groups in total. The first-order valence-electron chi connectivity index (χ1n) is 7.64. The van der Waals surface area contributed by atoms with E-state index in [9.17, 15) is 0 Å². The van der Waals surface area contributed by atoms with Gasteiger partial charge in [-0.3, -0.25) is 0 Å². The monoisotopic (exact) mass is 276 g/mol. The molecule has 3 heteroatoms. The third-order valence-electron chi connectivity index (χ3n) is 4.20. The summed E-state index contributed by atoms with van der Waals surface area (Å²) in [5.41, 5.74) is 1.53. The number of ether oxygens (including phenoxy) is 1. The first-order chi connectivity index (χ1) is 9.64. The van der Waals surface area contributed by atoms with Crippen molar-refractivity contribution < 1.29 is 4.74 Å². The standard InChI is InChI=1S/C17H28N2O/c1-17(13-18-2,15-8-5-4-6-9-15)14-19(3)12-16-10-7-11-20-16/h4-6,8-9,16,18H,7,10-14H2,1-3H3. The Morgan fingerprint density at radius 3 is 2.70 bits per heavy atom. The van der Waals surface area contributed by atoms with Crippen LogP contribution in [0.4, 0.5) is 0 Å². The second-order valence-corrected chi connectivity index (χ2v) is 6.29. The topological polar surface area (TPSA) is 24.5 Å². The Morgan fingerprint density at radius 1 is 1.35 bits per heavy atom. The third-order valence-corrected chi connectivity index (χ3v) is 4.20. The molecule has 0 amide bonds. The quantitative estimate of drug-likeness (QED) is 0.827. The summed E-state index contributed by atoms with van der Waals surface area (Å²) in [4.78, 5) is 2.42. The summed E-state index contributed by atoms with van der Waals surface area (Å²) in [7, 11) is 4.24. The molecule has 1 aromatic carbocycles. The van der Waals surface area contributed by atoms with Crippen LogP contribution in [0.15, 0.2) is 30.3 Å². The summed E-state index contributed by atoms with van der Waals surface area (Å²) in [5, 5.41) is 3.35. The Hall–Kier alpha value is -0.900. The molecule has 0 aliphatic carbocycles. The Morgan fingerprint density at radius 2 is 2.10 bits per heavy atom. The lowest BCUT2D eigenvalue weighted by molar-refractivity contribution is 0.0749. The molecule has 1 saturated heterocycles. The van der Waals surface area contributed by atoms with Crippen LogP contribution in [0.1, 0.15) is 25.3 Å². The van der Waals surface area contributed by atoms with Gasteiger partial charge in [0.15, 0.2) is 0 Å². The average molecular weight is 276 g/mol. The van der Waals surface area contributed by atoms with Crippen LogP contribution in [0.3, 0.4) is 0 Å². The number of hydrogen-bond donors (Lipinski definition) is 1. The minimum Gasteiger partial charge on any atom is -0.377 e. The summed E-state index contributed by atoms with van der Waals surface area (Å²) in [6.45, 7) is 6.33. The fourth-order valence-corrected chi connectivity index (χ4v) is 3.28. The van der Waals surface area contributed by atoms with E-state index in [1.165, 1.54) is 18.4 Å². The average Bonchev–Trinajstić information content (AvgIpc) is 2.92. The van der Waals surface area contributed by atoms with Gasteiger partial charge < -0.3 is 15.0 Å². The minimum atomic E-state index is 0.128.